The van der Waals surface area contributed by atoms with Crippen molar-refractivity contribution in [3.8, 4) is 0 Å². The first-order valence-corrected chi connectivity index (χ1v) is 9.65. The fraction of sp³-hybridized carbons (Fsp3) is 0.619. The zero-order chi connectivity index (χ0) is 21.2. The van der Waals surface area contributed by atoms with Crippen LogP contribution < -0.4 is 0 Å². The van der Waals surface area contributed by atoms with Crippen LogP contribution in [-0.2, 0) is 24.7 Å². The van der Waals surface area contributed by atoms with Gasteiger partial charge < -0.3 is 9.47 Å². The van der Waals surface area contributed by atoms with Crippen LogP contribution in [0.2, 0.25) is 0 Å². The molecule has 0 N–H and O–H groups in total. The molecule has 0 bridgehead atoms. The molecule has 7 heteroatoms. The molecule has 0 aliphatic carbocycles. The van der Waals surface area contributed by atoms with Crippen molar-refractivity contribution in [2.24, 2.45) is 0 Å². The van der Waals surface area contributed by atoms with E-state index < -0.39 is 23.9 Å². The number of benzene rings is 1. The van der Waals surface area contributed by atoms with Gasteiger partial charge in [0.05, 0.1) is 0 Å². The van der Waals surface area contributed by atoms with Gasteiger partial charge in [0.15, 0.2) is 11.9 Å². The average molecular weight is 402 g/mol. The maximum atomic E-state index is 14.0. The lowest BCUT2D eigenvalue weighted by atomic mass is 9.92. The fourth-order valence-electron chi connectivity index (χ4n) is 2.98. The molecule has 1 unspecified atom stereocenters. The Morgan fingerprint density at radius 2 is 1.61 bits per heavy atom. The third-order valence-corrected chi connectivity index (χ3v) is 4.63. The molecule has 0 saturated carbocycles. The summed E-state index contributed by atoms with van der Waals surface area (Å²) in [6.45, 7) is 3.87. The van der Waals surface area contributed by atoms with E-state index in [2.05, 4.69) is 0 Å². The molecule has 0 aliphatic heterocycles. The molecule has 1 rings (SSSR count). The Morgan fingerprint density at radius 1 is 1.00 bits per heavy atom. The van der Waals surface area contributed by atoms with E-state index in [1.54, 1.807) is 0 Å². The second-order valence-electron chi connectivity index (χ2n) is 6.71. The predicted molar refractivity (Wildman–Crippen MR) is 99.7 cm³/mol. The van der Waals surface area contributed by atoms with Gasteiger partial charge in [-0.3, -0.25) is 4.79 Å². The fourth-order valence-corrected chi connectivity index (χ4v) is 2.98. The zero-order valence-corrected chi connectivity index (χ0v) is 16.7. The molecule has 158 valence electrons. The predicted octanol–water partition coefficient (Wildman–Crippen LogP) is 5.34. The number of hydrogen-bond acceptors (Lipinski definition) is 4. The Balaban J connectivity index is 3.16. The van der Waals surface area contributed by atoms with E-state index in [0.717, 1.165) is 38.5 Å². The minimum absolute atomic E-state index is 0.173. The molecule has 1 aromatic rings. The number of carbonyl (C=O) groups is 2. The lowest BCUT2D eigenvalue weighted by Crippen LogP contribution is -2.53. The van der Waals surface area contributed by atoms with Crippen LogP contribution in [0.1, 0.15) is 64.4 Å². The average Bonchev–Trinajstić information content (AvgIpc) is 2.66. The number of alkyl halides is 3. The highest BCUT2D eigenvalue weighted by atomic mass is 19.4. The number of carbonyl (C=O) groups excluding carboxylic acids is 2. The van der Waals surface area contributed by atoms with Crippen molar-refractivity contribution in [1.29, 1.82) is 0 Å². The van der Waals surface area contributed by atoms with Gasteiger partial charge in [-0.15, -0.1) is 0 Å². The highest BCUT2D eigenvalue weighted by Gasteiger charge is 2.64. The number of unbranched alkanes of at least 4 members (excludes halogenated alkanes) is 3. The molecule has 0 aromatic heterocycles. The minimum Gasteiger partial charge on any atom is -0.452 e. The smallest absolute Gasteiger partial charge is 0.432 e. The van der Waals surface area contributed by atoms with Crippen LogP contribution in [0.25, 0.3) is 0 Å². The van der Waals surface area contributed by atoms with Gasteiger partial charge in [-0.2, -0.15) is 13.2 Å². The first-order valence-electron chi connectivity index (χ1n) is 9.65. The van der Waals surface area contributed by atoms with E-state index in [4.69, 9.17) is 9.47 Å². The summed E-state index contributed by atoms with van der Waals surface area (Å²) in [5, 5.41) is 0. The molecule has 0 saturated heterocycles. The first-order chi connectivity index (χ1) is 13.2. The van der Waals surface area contributed by atoms with Crippen molar-refractivity contribution in [3.05, 3.63) is 35.9 Å². The van der Waals surface area contributed by atoms with Crippen LogP contribution in [0.15, 0.2) is 30.3 Å². The summed E-state index contributed by atoms with van der Waals surface area (Å²) in [4.78, 5) is 25.2. The van der Waals surface area contributed by atoms with Crippen molar-refractivity contribution < 1.29 is 32.2 Å². The lowest BCUT2D eigenvalue weighted by Gasteiger charge is -2.33. The number of ketones is 1. The minimum atomic E-state index is -5.05. The standard InChI is InChI=1S/C21H29F3O4/c1-4-6-9-14-17(25)18(15-7-5-2)28-19(26)20(27-3,21(22,23)24)16-12-10-8-11-13-16/h8,10-13,18H,4-7,9,14-15H2,1-3H3/t18-,20?/m0/s1. The summed E-state index contributed by atoms with van der Waals surface area (Å²) >= 11 is 0. The maximum Gasteiger partial charge on any atom is 0.432 e. The Labute approximate surface area is 164 Å². The van der Waals surface area contributed by atoms with E-state index in [1.165, 1.54) is 18.2 Å². The Bertz CT molecular complexity index is 616. The molecule has 4 nitrogen and oxygen atoms in total. The van der Waals surface area contributed by atoms with Gasteiger partial charge in [-0.05, 0) is 19.3 Å². The molecule has 0 heterocycles. The van der Waals surface area contributed by atoms with Crippen molar-refractivity contribution in [2.75, 3.05) is 7.11 Å². The van der Waals surface area contributed by atoms with Gasteiger partial charge >= 0.3 is 12.1 Å². The number of esters is 1. The monoisotopic (exact) mass is 402 g/mol. The van der Waals surface area contributed by atoms with Crippen molar-refractivity contribution in [1.82, 2.24) is 0 Å². The van der Waals surface area contributed by atoms with E-state index >= 15 is 0 Å². The van der Waals surface area contributed by atoms with Gasteiger partial charge in [0.1, 0.15) is 0 Å². The molecule has 0 spiro atoms. The highest BCUT2D eigenvalue weighted by molar-refractivity contribution is 5.88. The van der Waals surface area contributed by atoms with Crippen LogP contribution in [0.4, 0.5) is 13.2 Å². The van der Waals surface area contributed by atoms with Crippen molar-refractivity contribution in [2.45, 2.75) is 76.7 Å². The number of ether oxygens (including phenoxy) is 2. The van der Waals surface area contributed by atoms with E-state index in [-0.39, 0.29) is 24.2 Å². The molecule has 0 amide bonds. The third kappa shape index (κ3) is 5.80. The quantitative estimate of drug-likeness (QED) is 0.350. The summed E-state index contributed by atoms with van der Waals surface area (Å²) in [5.74, 6) is -1.96. The van der Waals surface area contributed by atoms with E-state index in [9.17, 15) is 22.8 Å². The Hall–Kier alpha value is -1.89. The van der Waals surface area contributed by atoms with Gasteiger partial charge in [-0.1, -0.05) is 63.4 Å². The van der Waals surface area contributed by atoms with Crippen LogP contribution in [-0.4, -0.2) is 31.1 Å². The summed E-state index contributed by atoms with van der Waals surface area (Å²) in [7, 11) is 0.811. The van der Waals surface area contributed by atoms with Gasteiger partial charge in [0.25, 0.3) is 5.60 Å². The van der Waals surface area contributed by atoms with Crippen LogP contribution in [0.5, 0.6) is 0 Å². The number of Topliss-reactive ketones (excluding diaryl/α,β-unsaturated/α-hetero) is 1. The molecule has 2 atom stereocenters. The van der Waals surface area contributed by atoms with Gasteiger partial charge in [-0.25, -0.2) is 4.79 Å². The van der Waals surface area contributed by atoms with Gasteiger partial charge in [0.2, 0.25) is 0 Å². The van der Waals surface area contributed by atoms with Crippen molar-refractivity contribution >= 4 is 11.8 Å². The van der Waals surface area contributed by atoms with Crippen LogP contribution in [0, 0.1) is 0 Å². The highest BCUT2D eigenvalue weighted by Crippen LogP contribution is 2.43. The number of rotatable bonds is 12. The van der Waals surface area contributed by atoms with E-state index in [1.807, 2.05) is 13.8 Å². The number of hydrogen-bond donors (Lipinski definition) is 0. The number of halogens is 3. The molecular formula is C21H29F3O4. The normalized spacial score (nSPS) is 14.9. The van der Waals surface area contributed by atoms with Crippen molar-refractivity contribution in [3.63, 3.8) is 0 Å². The summed E-state index contributed by atoms with van der Waals surface area (Å²) in [6.07, 6.45) is -2.25. The Kier molecular flexibility index (Phi) is 9.65. The second-order valence-corrected chi connectivity index (χ2v) is 6.71. The topological polar surface area (TPSA) is 52.6 Å². The first kappa shape index (κ1) is 24.1. The third-order valence-electron chi connectivity index (χ3n) is 4.63. The lowest BCUT2D eigenvalue weighted by molar-refractivity contribution is -0.278. The largest absolute Gasteiger partial charge is 0.452 e. The molecule has 0 aliphatic rings. The zero-order valence-electron chi connectivity index (χ0n) is 16.7. The van der Waals surface area contributed by atoms with Crippen LogP contribution in [0.3, 0.4) is 0 Å². The molecular weight excluding hydrogens is 373 g/mol. The molecule has 1 aromatic carbocycles. The summed E-state index contributed by atoms with van der Waals surface area (Å²) < 4.78 is 51.7. The van der Waals surface area contributed by atoms with Gasteiger partial charge in [0, 0.05) is 19.1 Å². The Morgan fingerprint density at radius 3 is 2.11 bits per heavy atom. The summed E-state index contributed by atoms with van der Waals surface area (Å²) in [6, 6.07) is 6.61. The van der Waals surface area contributed by atoms with E-state index in [0.29, 0.717) is 12.8 Å². The second kappa shape index (κ2) is 11.2. The number of methoxy groups -OCH3 is 1. The molecule has 0 fully saturated rings. The summed E-state index contributed by atoms with van der Waals surface area (Å²) in [5.41, 5.74) is -3.66. The SMILES string of the molecule is CCCCCC(=O)[C@H](CCCC)OC(=O)C(OC)(c1ccccc1)C(F)(F)F. The maximum absolute atomic E-state index is 14.0. The molecule has 0 radical (unpaired) electrons. The van der Waals surface area contributed by atoms with Crippen LogP contribution >= 0.6 is 0 Å². The molecule has 28 heavy (non-hydrogen) atoms.